The van der Waals surface area contributed by atoms with Crippen molar-refractivity contribution in [2.75, 3.05) is 19.6 Å². The molecule has 0 bridgehead atoms. The summed E-state index contributed by atoms with van der Waals surface area (Å²) in [5, 5.41) is 3.60. The van der Waals surface area contributed by atoms with Crippen molar-refractivity contribution in [3.05, 3.63) is 18.7 Å². The third-order valence-electron chi connectivity index (χ3n) is 4.70. The van der Waals surface area contributed by atoms with Gasteiger partial charge in [-0.25, -0.2) is 4.98 Å². The van der Waals surface area contributed by atoms with Crippen LogP contribution in [0.5, 0.6) is 0 Å². The first-order valence-electron chi connectivity index (χ1n) is 7.80. The number of amides is 1. The lowest BCUT2D eigenvalue weighted by Crippen LogP contribution is -2.43. The Morgan fingerprint density at radius 1 is 1.30 bits per heavy atom. The standard InChI is InChI=1S/C15H24N4O/c20-15(5-8-18-11-7-16-12-18)19-9-3-13(4-10-19)14-2-1-6-17-14/h7,11-14,17H,1-6,8-10H2. The fraction of sp³-hybridized carbons (Fsp3) is 0.733. The van der Waals surface area contributed by atoms with Crippen LogP contribution in [-0.2, 0) is 11.3 Å². The van der Waals surface area contributed by atoms with E-state index in [0.717, 1.165) is 38.4 Å². The second kappa shape index (κ2) is 6.39. The highest BCUT2D eigenvalue weighted by Gasteiger charge is 2.29. The lowest BCUT2D eigenvalue weighted by atomic mass is 9.88. The Morgan fingerprint density at radius 3 is 2.80 bits per heavy atom. The summed E-state index contributed by atoms with van der Waals surface area (Å²) in [6.45, 7) is 3.79. The summed E-state index contributed by atoms with van der Waals surface area (Å²) in [4.78, 5) is 18.2. The molecule has 1 unspecified atom stereocenters. The quantitative estimate of drug-likeness (QED) is 0.901. The van der Waals surface area contributed by atoms with Crippen LogP contribution in [0.1, 0.15) is 32.1 Å². The highest BCUT2D eigenvalue weighted by molar-refractivity contribution is 5.76. The number of hydrogen-bond acceptors (Lipinski definition) is 3. The maximum Gasteiger partial charge on any atom is 0.224 e. The summed E-state index contributed by atoms with van der Waals surface area (Å²) in [6.07, 6.45) is 11.0. The summed E-state index contributed by atoms with van der Waals surface area (Å²) in [5.74, 6) is 1.06. The number of likely N-dealkylation sites (tertiary alicyclic amines) is 1. The van der Waals surface area contributed by atoms with E-state index in [1.807, 2.05) is 15.7 Å². The molecule has 2 saturated heterocycles. The van der Waals surface area contributed by atoms with Gasteiger partial charge in [-0.2, -0.15) is 0 Å². The Balaban J connectivity index is 1.41. The van der Waals surface area contributed by atoms with E-state index >= 15 is 0 Å². The monoisotopic (exact) mass is 276 g/mol. The number of aryl methyl sites for hydroxylation is 1. The summed E-state index contributed by atoms with van der Waals surface area (Å²) in [5.41, 5.74) is 0. The molecular weight excluding hydrogens is 252 g/mol. The molecule has 0 saturated carbocycles. The number of aromatic nitrogens is 2. The molecule has 3 heterocycles. The van der Waals surface area contributed by atoms with Crippen LogP contribution in [-0.4, -0.2) is 46.0 Å². The van der Waals surface area contributed by atoms with E-state index in [1.54, 1.807) is 12.5 Å². The Morgan fingerprint density at radius 2 is 2.15 bits per heavy atom. The Kier molecular flexibility index (Phi) is 4.35. The van der Waals surface area contributed by atoms with Gasteiger partial charge in [0.2, 0.25) is 5.91 Å². The van der Waals surface area contributed by atoms with E-state index in [0.29, 0.717) is 12.5 Å². The first kappa shape index (κ1) is 13.6. The van der Waals surface area contributed by atoms with Gasteiger partial charge in [0.05, 0.1) is 6.33 Å². The molecule has 2 aliphatic rings. The van der Waals surface area contributed by atoms with Gasteiger partial charge < -0.3 is 14.8 Å². The number of imidazole rings is 1. The minimum atomic E-state index is 0.288. The van der Waals surface area contributed by atoms with Crippen LogP contribution in [0.3, 0.4) is 0 Å². The van der Waals surface area contributed by atoms with Gasteiger partial charge in [-0.1, -0.05) is 0 Å². The molecule has 2 fully saturated rings. The zero-order chi connectivity index (χ0) is 13.8. The number of piperidine rings is 1. The second-order valence-corrected chi connectivity index (χ2v) is 5.97. The summed E-state index contributed by atoms with van der Waals surface area (Å²) >= 11 is 0. The molecule has 1 atom stereocenters. The van der Waals surface area contributed by atoms with Crippen molar-refractivity contribution in [1.82, 2.24) is 19.8 Å². The number of nitrogens with one attached hydrogen (secondary N) is 1. The van der Waals surface area contributed by atoms with Gasteiger partial charge in [0.25, 0.3) is 0 Å². The van der Waals surface area contributed by atoms with Gasteiger partial charge >= 0.3 is 0 Å². The van der Waals surface area contributed by atoms with Gasteiger partial charge in [-0.15, -0.1) is 0 Å². The van der Waals surface area contributed by atoms with E-state index in [2.05, 4.69) is 10.3 Å². The third-order valence-corrected chi connectivity index (χ3v) is 4.70. The molecule has 0 aromatic carbocycles. The predicted octanol–water partition coefficient (Wildman–Crippen LogP) is 1.26. The van der Waals surface area contributed by atoms with E-state index in [4.69, 9.17) is 0 Å². The lowest BCUT2D eigenvalue weighted by Gasteiger charge is -2.35. The summed E-state index contributed by atoms with van der Waals surface area (Å²) in [7, 11) is 0. The average Bonchev–Trinajstić information content (AvgIpc) is 3.18. The van der Waals surface area contributed by atoms with E-state index in [9.17, 15) is 4.79 Å². The molecule has 0 spiro atoms. The molecule has 1 N–H and O–H groups in total. The number of hydrogen-bond donors (Lipinski definition) is 1. The van der Waals surface area contributed by atoms with Crippen molar-refractivity contribution in [2.24, 2.45) is 5.92 Å². The smallest absolute Gasteiger partial charge is 0.224 e. The first-order chi connectivity index (χ1) is 9.83. The van der Waals surface area contributed by atoms with Crippen LogP contribution in [0.4, 0.5) is 0 Å². The van der Waals surface area contributed by atoms with Crippen molar-refractivity contribution in [3.63, 3.8) is 0 Å². The summed E-state index contributed by atoms with van der Waals surface area (Å²) in [6, 6.07) is 0.707. The van der Waals surface area contributed by atoms with E-state index < -0.39 is 0 Å². The molecule has 1 aromatic heterocycles. The van der Waals surface area contributed by atoms with E-state index in [-0.39, 0.29) is 5.91 Å². The van der Waals surface area contributed by atoms with Gasteiger partial charge in [0.15, 0.2) is 0 Å². The Bertz CT molecular complexity index is 417. The highest BCUT2D eigenvalue weighted by atomic mass is 16.2. The van der Waals surface area contributed by atoms with Crippen LogP contribution in [0.2, 0.25) is 0 Å². The molecule has 5 nitrogen and oxygen atoms in total. The molecule has 20 heavy (non-hydrogen) atoms. The van der Waals surface area contributed by atoms with Gasteiger partial charge in [-0.05, 0) is 38.1 Å². The zero-order valence-electron chi connectivity index (χ0n) is 12.0. The minimum Gasteiger partial charge on any atom is -0.343 e. The molecule has 1 aromatic rings. The zero-order valence-corrected chi connectivity index (χ0v) is 12.0. The second-order valence-electron chi connectivity index (χ2n) is 5.97. The molecule has 2 aliphatic heterocycles. The van der Waals surface area contributed by atoms with Crippen molar-refractivity contribution in [2.45, 2.75) is 44.7 Å². The fourth-order valence-electron chi connectivity index (χ4n) is 3.47. The highest BCUT2D eigenvalue weighted by Crippen LogP contribution is 2.25. The predicted molar refractivity (Wildman–Crippen MR) is 77.2 cm³/mol. The molecular formula is C15H24N4O. The maximum atomic E-state index is 12.2. The number of carbonyl (C=O) groups excluding carboxylic acids is 1. The molecule has 5 heteroatoms. The molecule has 110 valence electrons. The molecule has 3 rings (SSSR count). The van der Waals surface area contributed by atoms with Crippen LogP contribution < -0.4 is 5.32 Å². The Labute approximate surface area is 120 Å². The van der Waals surface area contributed by atoms with Crippen molar-refractivity contribution in [1.29, 1.82) is 0 Å². The molecule has 0 radical (unpaired) electrons. The third kappa shape index (κ3) is 3.20. The van der Waals surface area contributed by atoms with Gasteiger partial charge in [-0.3, -0.25) is 4.79 Å². The topological polar surface area (TPSA) is 50.2 Å². The van der Waals surface area contributed by atoms with Crippen LogP contribution >= 0.6 is 0 Å². The molecule has 0 aliphatic carbocycles. The first-order valence-corrected chi connectivity index (χ1v) is 7.80. The van der Waals surface area contributed by atoms with Gasteiger partial charge in [0, 0.05) is 44.5 Å². The van der Waals surface area contributed by atoms with Crippen molar-refractivity contribution in [3.8, 4) is 0 Å². The normalized spacial score (nSPS) is 24.2. The maximum absolute atomic E-state index is 12.2. The Hall–Kier alpha value is -1.36. The van der Waals surface area contributed by atoms with Crippen LogP contribution in [0, 0.1) is 5.92 Å². The minimum absolute atomic E-state index is 0.288. The lowest BCUT2D eigenvalue weighted by molar-refractivity contribution is -0.132. The summed E-state index contributed by atoms with van der Waals surface area (Å²) < 4.78 is 1.97. The molecule has 1 amide bonds. The van der Waals surface area contributed by atoms with E-state index in [1.165, 1.54) is 19.4 Å². The van der Waals surface area contributed by atoms with Crippen LogP contribution in [0.25, 0.3) is 0 Å². The number of rotatable bonds is 4. The SMILES string of the molecule is O=C(CCn1ccnc1)N1CCC(C2CCCN2)CC1. The number of nitrogens with zero attached hydrogens (tertiary/aromatic N) is 3. The van der Waals surface area contributed by atoms with Crippen molar-refractivity contribution >= 4 is 5.91 Å². The van der Waals surface area contributed by atoms with Crippen molar-refractivity contribution < 1.29 is 4.79 Å². The number of carbonyl (C=O) groups is 1. The average molecular weight is 276 g/mol. The fourth-order valence-corrected chi connectivity index (χ4v) is 3.47. The van der Waals surface area contributed by atoms with Crippen LogP contribution in [0.15, 0.2) is 18.7 Å². The van der Waals surface area contributed by atoms with Gasteiger partial charge in [0.1, 0.15) is 0 Å². The largest absolute Gasteiger partial charge is 0.343 e.